The smallest absolute Gasteiger partial charge is 0.119 e. The molecule has 4 rings (SSSR count). The zero-order valence-electron chi connectivity index (χ0n) is 24.3. The Balaban J connectivity index is 1.78. The van der Waals surface area contributed by atoms with Gasteiger partial charge in [-0.1, -0.05) is 44.2 Å². The third kappa shape index (κ3) is 6.37. The van der Waals surface area contributed by atoms with Gasteiger partial charge >= 0.3 is 0 Å². The van der Waals surface area contributed by atoms with Crippen molar-refractivity contribution in [1.29, 1.82) is 0 Å². The minimum Gasteiger partial charge on any atom is -0.497 e. The van der Waals surface area contributed by atoms with Gasteiger partial charge in [-0.3, -0.25) is 0 Å². The summed E-state index contributed by atoms with van der Waals surface area (Å²) >= 11 is 0. The summed E-state index contributed by atoms with van der Waals surface area (Å²) in [6, 6.07) is 30.7. The van der Waals surface area contributed by atoms with E-state index in [0.29, 0.717) is 5.69 Å². The Bertz CT molecular complexity index is 1330. The number of hydrogen-bond donors (Lipinski definition) is 0. The van der Waals surface area contributed by atoms with E-state index in [4.69, 9.17) is 9.47 Å². The Morgan fingerprint density at radius 1 is 0.538 bits per heavy atom. The second-order valence-electron chi connectivity index (χ2n) is 11.8. The first-order valence-electron chi connectivity index (χ1n) is 13.2. The Kier molecular flexibility index (Phi) is 7.94. The minimum absolute atomic E-state index is 0.0943. The lowest BCUT2D eigenvalue weighted by molar-refractivity contribution is 0.102. The Morgan fingerprint density at radius 3 is 1.36 bits per heavy atom. The highest BCUT2D eigenvalue weighted by molar-refractivity contribution is 5.79. The van der Waals surface area contributed by atoms with Crippen LogP contribution < -0.4 is 19.4 Å². The molecule has 5 nitrogen and oxygen atoms in total. The van der Waals surface area contributed by atoms with Crippen molar-refractivity contribution in [3.8, 4) is 22.6 Å². The summed E-state index contributed by atoms with van der Waals surface area (Å²) in [5, 5.41) is 14.3. The molecule has 4 aromatic carbocycles. The van der Waals surface area contributed by atoms with Gasteiger partial charge in [-0.15, -0.1) is 0 Å². The number of nitrogens with zero attached hydrogens (tertiary/aromatic N) is 2. The molecule has 0 bridgehead atoms. The fourth-order valence-electron chi connectivity index (χ4n) is 4.43. The van der Waals surface area contributed by atoms with Gasteiger partial charge in [0.15, 0.2) is 0 Å². The van der Waals surface area contributed by atoms with Crippen LogP contribution in [0.15, 0.2) is 91.0 Å². The van der Waals surface area contributed by atoms with Gasteiger partial charge in [0.2, 0.25) is 0 Å². The lowest BCUT2D eigenvalue weighted by atomic mass is 9.84. The van der Waals surface area contributed by atoms with E-state index in [2.05, 4.69) is 56.0 Å². The lowest BCUT2D eigenvalue weighted by Crippen LogP contribution is -2.37. The fraction of sp³-hybridized carbons (Fsp3) is 0.294. The lowest BCUT2D eigenvalue weighted by Gasteiger charge is -2.31. The quantitative estimate of drug-likeness (QED) is 0.227. The third-order valence-electron chi connectivity index (χ3n) is 6.75. The van der Waals surface area contributed by atoms with Gasteiger partial charge in [0.25, 0.3) is 0 Å². The van der Waals surface area contributed by atoms with Crippen LogP contribution in [0.4, 0.5) is 22.7 Å². The molecule has 4 aromatic rings. The number of benzene rings is 4. The molecule has 0 saturated carbocycles. The van der Waals surface area contributed by atoms with Crippen LogP contribution in [-0.4, -0.2) is 19.8 Å². The summed E-state index contributed by atoms with van der Waals surface area (Å²) in [5.41, 5.74) is 6.29. The maximum absolute atomic E-state index is 13.2. The summed E-state index contributed by atoms with van der Waals surface area (Å²) in [6.45, 7) is 12.3. The van der Waals surface area contributed by atoms with E-state index < -0.39 is 5.54 Å². The first kappa shape index (κ1) is 28.1. The molecule has 0 amide bonds. The van der Waals surface area contributed by atoms with Crippen LogP contribution >= 0.6 is 0 Å². The summed E-state index contributed by atoms with van der Waals surface area (Å²) in [4.78, 5) is 2.19. The van der Waals surface area contributed by atoms with Gasteiger partial charge < -0.3 is 14.4 Å². The standard InChI is InChI=1S/C34H39N2O3/c1-33(2,3)26-21-25(22-30(23-26)36(37)34(4,5)6)24-9-11-27(12-10-24)35(28-13-17-31(38-7)18-14-28)29-15-19-32(39-8)20-16-29/h9-23H,1-8H3. The third-order valence-corrected chi connectivity index (χ3v) is 6.75. The molecular weight excluding hydrogens is 484 g/mol. The average molecular weight is 524 g/mol. The van der Waals surface area contributed by atoms with Gasteiger partial charge in [0, 0.05) is 17.1 Å². The molecule has 0 unspecified atom stereocenters. The van der Waals surface area contributed by atoms with Crippen molar-refractivity contribution in [2.75, 3.05) is 24.2 Å². The Hall–Kier alpha value is -3.96. The summed E-state index contributed by atoms with van der Waals surface area (Å²) in [6.07, 6.45) is 0. The first-order chi connectivity index (χ1) is 18.4. The number of rotatable bonds is 7. The molecular formula is C34H39N2O3. The van der Waals surface area contributed by atoms with Gasteiger partial charge in [-0.2, -0.15) is 0 Å². The predicted molar refractivity (Wildman–Crippen MR) is 161 cm³/mol. The van der Waals surface area contributed by atoms with Crippen LogP contribution in [-0.2, 0) is 10.6 Å². The maximum Gasteiger partial charge on any atom is 0.119 e. The van der Waals surface area contributed by atoms with Crippen LogP contribution in [0.2, 0.25) is 0 Å². The summed E-state index contributed by atoms with van der Waals surface area (Å²) in [5.74, 6) is 1.61. The Morgan fingerprint density at radius 2 is 0.974 bits per heavy atom. The topological polar surface area (TPSA) is 44.8 Å². The second kappa shape index (κ2) is 11.0. The van der Waals surface area contributed by atoms with Gasteiger partial charge in [-0.25, -0.2) is 5.06 Å². The average Bonchev–Trinajstić information content (AvgIpc) is 2.92. The SMILES string of the molecule is COc1ccc(N(c2ccc(OC)cc2)c2ccc(-c3cc(N([O])C(C)(C)C)cc(C(C)(C)C)c3)cc2)cc1. The van der Waals surface area contributed by atoms with Crippen molar-refractivity contribution in [3.63, 3.8) is 0 Å². The zero-order chi connectivity index (χ0) is 28.4. The predicted octanol–water partition coefficient (Wildman–Crippen LogP) is 9.09. The van der Waals surface area contributed by atoms with Crippen molar-refractivity contribution in [2.45, 2.75) is 52.5 Å². The number of anilines is 4. The highest BCUT2D eigenvalue weighted by Gasteiger charge is 2.25. The molecule has 203 valence electrons. The van der Waals surface area contributed by atoms with E-state index in [0.717, 1.165) is 50.3 Å². The molecule has 1 radical (unpaired) electrons. The first-order valence-corrected chi connectivity index (χ1v) is 13.2. The van der Waals surface area contributed by atoms with E-state index in [1.165, 1.54) is 0 Å². The van der Waals surface area contributed by atoms with E-state index >= 15 is 0 Å². The van der Waals surface area contributed by atoms with Gasteiger partial charge in [0.1, 0.15) is 11.5 Å². The molecule has 0 saturated heterocycles. The van der Waals surface area contributed by atoms with Crippen LogP contribution in [0.5, 0.6) is 11.5 Å². The molecule has 0 N–H and O–H groups in total. The second-order valence-corrected chi connectivity index (χ2v) is 11.8. The van der Waals surface area contributed by atoms with Crippen LogP contribution in [0, 0.1) is 0 Å². The maximum atomic E-state index is 13.2. The molecule has 39 heavy (non-hydrogen) atoms. The van der Waals surface area contributed by atoms with Crippen molar-refractivity contribution in [1.82, 2.24) is 0 Å². The van der Waals surface area contributed by atoms with Gasteiger partial charge in [-0.05, 0) is 116 Å². The zero-order valence-corrected chi connectivity index (χ0v) is 24.3. The molecule has 0 spiro atoms. The molecule has 0 aliphatic heterocycles. The van der Waals surface area contributed by atoms with Crippen molar-refractivity contribution in [3.05, 3.63) is 96.6 Å². The molecule has 0 fully saturated rings. The monoisotopic (exact) mass is 523 g/mol. The summed E-state index contributed by atoms with van der Waals surface area (Å²) < 4.78 is 10.8. The highest BCUT2D eigenvalue weighted by atomic mass is 16.5. The summed E-state index contributed by atoms with van der Waals surface area (Å²) in [7, 11) is 3.34. The van der Waals surface area contributed by atoms with Crippen LogP contribution in [0.25, 0.3) is 11.1 Å². The highest BCUT2D eigenvalue weighted by Crippen LogP contribution is 2.39. The normalized spacial score (nSPS) is 11.7. The molecule has 0 aromatic heterocycles. The minimum atomic E-state index is -0.533. The molecule has 5 heteroatoms. The Labute approximate surface area is 233 Å². The largest absolute Gasteiger partial charge is 0.497 e. The van der Waals surface area contributed by atoms with Crippen LogP contribution in [0.1, 0.15) is 47.1 Å². The molecule has 0 aliphatic rings. The van der Waals surface area contributed by atoms with Crippen LogP contribution in [0.3, 0.4) is 0 Å². The fourth-order valence-corrected chi connectivity index (χ4v) is 4.43. The van der Waals surface area contributed by atoms with Gasteiger partial charge in [0.05, 0.1) is 25.4 Å². The number of methoxy groups -OCH3 is 2. The van der Waals surface area contributed by atoms with E-state index in [-0.39, 0.29) is 5.41 Å². The molecule has 0 heterocycles. The molecule has 0 atom stereocenters. The van der Waals surface area contributed by atoms with E-state index in [9.17, 15) is 5.21 Å². The number of hydrogen-bond acceptors (Lipinski definition) is 4. The van der Waals surface area contributed by atoms with Crippen molar-refractivity contribution >= 4 is 22.7 Å². The van der Waals surface area contributed by atoms with E-state index in [1.54, 1.807) is 14.2 Å². The van der Waals surface area contributed by atoms with Crippen molar-refractivity contribution < 1.29 is 14.7 Å². The molecule has 0 aliphatic carbocycles. The number of hydroxylamine groups is 1. The van der Waals surface area contributed by atoms with Crippen molar-refractivity contribution in [2.24, 2.45) is 0 Å². The number of ether oxygens (including phenoxy) is 2. The van der Waals surface area contributed by atoms with E-state index in [1.807, 2.05) is 81.4 Å².